The van der Waals surface area contributed by atoms with Crippen molar-refractivity contribution in [3.05, 3.63) is 267 Å². The van der Waals surface area contributed by atoms with Crippen molar-refractivity contribution in [3.63, 3.8) is 0 Å². The Labute approximate surface area is 412 Å². The van der Waals surface area contributed by atoms with Crippen molar-refractivity contribution in [3.8, 4) is 34.0 Å². The Morgan fingerprint density at radius 2 is 0.817 bits per heavy atom. The fraction of sp³-hybridized carbons (Fsp3) is 0. The molecular weight excluding hydrogens is 877 g/mol. The van der Waals surface area contributed by atoms with E-state index in [1.807, 2.05) is 0 Å². The third-order valence-electron chi connectivity index (χ3n) is 14.7. The minimum atomic E-state index is -2.81. The third-order valence-corrected chi connectivity index (χ3v) is 19.4. The lowest BCUT2D eigenvalue weighted by molar-refractivity contribution is 1.01. The molecule has 332 valence electrons. The van der Waals surface area contributed by atoms with E-state index < -0.39 is 8.07 Å². The second kappa shape index (κ2) is 16.5. The Balaban J connectivity index is 0.954. The van der Waals surface area contributed by atoms with Crippen LogP contribution in [0, 0.1) is 0 Å². The zero-order valence-electron chi connectivity index (χ0n) is 38.7. The molecule has 4 nitrogen and oxygen atoms in total. The predicted octanol–water partition coefficient (Wildman–Crippen LogP) is 13.7. The summed E-state index contributed by atoms with van der Waals surface area (Å²) in [5.74, 6) is 0.641. The lowest BCUT2D eigenvalue weighted by Crippen LogP contribution is -2.74. The summed E-state index contributed by atoms with van der Waals surface area (Å²) >= 11 is 0. The first-order valence-electron chi connectivity index (χ1n) is 24.3. The molecule has 0 amide bonds. The Morgan fingerprint density at radius 3 is 1.51 bits per heavy atom. The van der Waals surface area contributed by atoms with Crippen molar-refractivity contribution in [1.82, 2.24) is 19.1 Å². The van der Waals surface area contributed by atoms with E-state index in [-0.39, 0.29) is 0 Å². The molecular formula is C66H44N4Si. The molecule has 0 atom stereocenters. The molecule has 71 heavy (non-hydrogen) atoms. The van der Waals surface area contributed by atoms with Gasteiger partial charge in [-0.2, -0.15) is 0 Å². The number of fused-ring (bicyclic) bond motifs is 9. The molecule has 0 N–H and O–H groups in total. The van der Waals surface area contributed by atoms with E-state index in [0.717, 1.165) is 55.2 Å². The molecule has 0 saturated carbocycles. The van der Waals surface area contributed by atoms with E-state index in [0.29, 0.717) is 5.95 Å². The zero-order valence-corrected chi connectivity index (χ0v) is 39.7. The Bertz CT molecular complexity index is 4240. The maximum atomic E-state index is 5.62. The monoisotopic (exact) mass is 920 g/mol. The molecule has 0 aliphatic rings. The van der Waals surface area contributed by atoms with Gasteiger partial charge in [-0.05, 0) is 97.2 Å². The van der Waals surface area contributed by atoms with Gasteiger partial charge in [0.25, 0.3) is 0 Å². The van der Waals surface area contributed by atoms with Crippen LogP contribution in [0.2, 0.25) is 0 Å². The second-order valence-corrected chi connectivity index (χ2v) is 22.3. The molecule has 11 aromatic carbocycles. The number of para-hydroxylation sites is 3. The lowest BCUT2D eigenvalue weighted by atomic mass is 9.99. The van der Waals surface area contributed by atoms with Gasteiger partial charge in [0.05, 0.1) is 33.3 Å². The highest BCUT2D eigenvalue weighted by atomic mass is 28.3. The van der Waals surface area contributed by atoms with Gasteiger partial charge in [0.15, 0.2) is 8.07 Å². The van der Waals surface area contributed by atoms with Crippen LogP contribution in [0.25, 0.3) is 99.3 Å². The maximum absolute atomic E-state index is 5.62. The van der Waals surface area contributed by atoms with E-state index in [1.165, 1.54) is 58.9 Å². The van der Waals surface area contributed by atoms with E-state index in [4.69, 9.17) is 9.97 Å². The van der Waals surface area contributed by atoms with Crippen molar-refractivity contribution < 1.29 is 0 Å². The first-order valence-corrected chi connectivity index (χ1v) is 26.3. The molecule has 3 heterocycles. The van der Waals surface area contributed by atoms with Crippen LogP contribution in [0.5, 0.6) is 0 Å². The van der Waals surface area contributed by atoms with Gasteiger partial charge in [-0.1, -0.05) is 212 Å². The number of hydrogen-bond acceptors (Lipinski definition) is 2. The van der Waals surface area contributed by atoms with Crippen molar-refractivity contribution in [2.45, 2.75) is 0 Å². The standard InChI is InChI=1S/C66H44N4Si/c1-5-22-49(23-6-1)69-62-40-38-47(44-58(62)64-54-31-14-13-20-45(54)36-41-63(64)69)46-37-39-61-57(43-46)55-32-16-18-35-60(55)70(61)66-67-59-34-17-15-33-56(59)65(68-66)48-21-19-30-53(42-48)71(50-24-7-2-8-25-50,51-26-9-3-10-27-51)52-28-11-4-12-29-52/h1-44H. The highest BCUT2D eigenvalue weighted by molar-refractivity contribution is 7.19. The molecule has 14 rings (SSSR count). The predicted molar refractivity (Wildman–Crippen MR) is 300 cm³/mol. The quantitative estimate of drug-likeness (QED) is 0.112. The first-order chi connectivity index (χ1) is 35.2. The SMILES string of the molecule is c1ccc(-n2c3ccc(-c4ccc5c(c4)c4ccccc4n5-c4nc(-c5cccc([Si](c6ccccc6)(c6ccccc6)c6ccccc6)c5)c5ccccc5n4)cc3c3c4ccccc4ccc32)cc1. The Morgan fingerprint density at radius 1 is 0.296 bits per heavy atom. The van der Waals surface area contributed by atoms with Crippen LogP contribution >= 0.6 is 0 Å². The molecule has 14 aromatic rings. The average molecular weight is 921 g/mol. The topological polar surface area (TPSA) is 35.6 Å². The summed E-state index contributed by atoms with van der Waals surface area (Å²) in [7, 11) is -2.81. The fourth-order valence-electron chi connectivity index (χ4n) is 11.5. The highest BCUT2D eigenvalue weighted by Crippen LogP contribution is 2.41. The third kappa shape index (κ3) is 6.44. The number of nitrogens with zero attached hydrogens (tertiary/aromatic N) is 4. The molecule has 0 aliphatic heterocycles. The molecule has 0 saturated heterocycles. The summed E-state index contributed by atoms with van der Waals surface area (Å²) in [4.78, 5) is 11.0. The smallest absolute Gasteiger partial charge is 0.235 e. The van der Waals surface area contributed by atoms with Gasteiger partial charge in [0, 0.05) is 38.2 Å². The molecule has 0 spiro atoms. The summed E-state index contributed by atoms with van der Waals surface area (Å²) < 4.78 is 4.66. The number of aromatic nitrogens is 4. The van der Waals surface area contributed by atoms with Crippen LogP contribution in [0.4, 0.5) is 0 Å². The molecule has 0 bridgehead atoms. The van der Waals surface area contributed by atoms with Crippen LogP contribution in [0.3, 0.4) is 0 Å². The minimum Gasteiger partial charge on any atom is -0.309 e. The molecule has 0 aliphatic carbocycles. The summed E-state index contributed by atoms with van der Waals surface area (Å²) in [5, 5.41) is 13.6. The largest absolute Gasteiger partial charge is 0.309 e. The number of benzene rings is 11. The molecule has 0 unspecified atom stereocenters. The zero-order chi connectivity index (χ0) is 46.9. The van der Waals surface area contributed by atoms with Crippen LogP contribution in [-0.4, -0.2) is 27.2 Å². The summed E-state index contributed by atoms with van der Waals surface area (Å²) in [6, 6.07) is 97.4. The molecule has 5 heteroatoms. The van der Waals surface area contributed by atoms with E-state index >= 15 is 0 Å². The lowest BCUT2D eigenvalue weighted by Gasteiger charge is -2.34. The average Bonchev–Trinajstić information content (AvgIpc) is 3.97. The van der Waals surface area contributed by atoms with Crippen LogP contribution in [0.1, 0.15) is 0 Å². The van der Waals surface area contributed by atoms with Gasteiger partial charge in [0.2, 0.25) is 5.95 Å². The molecule has 0 fully saturated rings. The second-order valence-electron chi connectivity index (χ2n) is 18.5. The van der Waals surface area contributed by atoms with E-state index in [1.54, 1.807) is 0 Å². The number of hydrogen-bond donors (Lipinski definition) is 0. The normalized spacial score (nSPS) is 11.9. The van der Waals surface area contributed by atoms with Gasteiger partial charge in [-0.25, -0.2) is 9.97 Å². The molecule has 0 radical (unpaired) electrons. The summed E-state index contributed by atoms with van der Waals surface area (Å²) in [6.07, 6.45) is 0. The van der Waals surface area contributed by atoms with Crippen molar-refractivity contribution in [1.29, 1.82) is 0 Å². The fourth-order valence-corrected chi connectivity index (χ4v) is 16.3. The summed E-state index contributed by atoms with van der Waals surface area (Å²) in [5.41, 5.74) is 10.8. The van der Waals surface area contributed by atoms with Gasteiger partial charge < -0.3 is 4.57 Å². The highest BCUT2D eigenvalue weighted by Gasteiger charge is 2.41. The minimum absolute atomic E-state index is 0.641. The molecule has 3 aromatic heterocycles. The first kappa shape index (κ1) is 40.9. The summed E-state index contributed by atoms with van der Waals surface area (Å²) in [6.45, 7) is 0. The Kier molecular flexibility index (Phi) is 9.51. The van der Waals surface area contributed by atoms with Gasteiger partial charge in [-0.3, -0.25) is 4.57 Å². The van der Waals surface area contributed by atoms with Crippen LogP contribution in [0.15, 0.2) is 267 Å². The number of rotatable bonds is 8. The maximum Gasteiger partial charge on any atom is 0.235 e. The van der Waals surface area contributed by atoms with Crippen LogP contribution < -0.4 is 20.7 Å². The van der Waals surface area contributed by atoms with Gasteiger partial charge in [0.1, 0.15) is 0 Å². The van der Waals surface area contributed by atoms with Crippen molar-refractivity contribution >= 4 is 94.1 Å². The van der Waals surface area contributed by atoms with Gasteiger partial charge >= 0.3 is 0 Å². The van der Waals surface area contributed by atoms with E-state index in [9.17, 15) is 0 Å². The van der Waals surface area contributed by atoms with Gasteiger partial charge in [-0.15, -0.1) is 0 Å². The van der Waals surface area contributed by atoms with E-state index in [2.05, 4.69) is 276 Å². The van der Waals surface area contributed by atoms with Crippen molar-refractivity contribution in [2.24, 2.45) is 0 Å². The van der Waals surface area contributed by atoms with Crippen molar-refractivity contribution in [2.75, 3.05) is 0 Å². The van der Waals surface area contributed by atoms with Crippen LogP contribution in [-0.2, 0) is 0 Å². The Hall–Kier alpha value is -9.16.